The molecule has 0 unspecified atom stereocenters. The molecule has 1 aromatic heterocycles. The molecule has 5 nitrogen and oxygen atoms in total. The van der Waals surface area contributed by atoms with Gasteiger partial charge in [-0.25, -0.2) is 4.98 Å². The first-order chi connectivity index (χ1) is 11.4. The molecule has 0 spiro atoms. The molecule has 2 aliphatic rings. The van der Waals surface area contributed by atoms with Crippen molar-refractivity contribution in [3.05, 3.63) is 23.4 Å². The van der Waals surface area contributed by atoms with Crippen LogP contribution in [0.2, 0.25) is 0 Å². The van der Waals surface area contributed by atoms with Crippen LogP contribution in [0, 0.1) is 0 Å². The minimum absolute atomic E-state index is 0.0787. The second kappa shape index (κ2) is 6.58. The second-order valence-corrected chi connectivity index (χ2v) is 6.16. The van der Waals surface area contributed by atoms with Crippen LogP contribution in [0.1, 0.15) is 30.9 Å². The van der Waals surface area contributed by atoms with Crippen molar-refractivity contribution in [2.75, 3.05) is 31.1 Å². The van der Waals surface area contributed by atoms with Crippen molar-refractivity contribution in [3.63, 3.8) is 0 Å². The number of carbonyl (C=O) groups is 1. The van der Waals surface area contributed by atoms with Crippen LogP contribution >= 0.6 is 0 Å². The zero-order valence-electron chi connectivity index (χ0n) is 13.5. The number of hydrogen-bond acceptors (Lipinski definition) is 4. The van der Waals surface area contributed by atoms with Gasteiger partial charge in [-0.15, -0.1) is 0 Å². The molecule has 1 atom stereocenters. The maximum absolute atomic E-state index is 12.9. The standard InChI is InChI=1S/C16H20F3N3O2/c1-2-3-14(23)21-4-5-22-13(8-21)10-24-9-11-6-12(16(17,18)19)7-20-15(11)22/h6-7,13H,2-5,8-10H2,1H3/t13-/m0/s1. The Balaban J connectivity index is 1.82. The maximum Gasteiger partial charge on any atom is 0.417 e. The summed E-state index contributed by atoms with van der Waals surface area (Å²) in [5, 5.41) is 0. The van der Waals surface area contributed by atoms with E-state index in [2.05, 4.69) is 4.98 Å². The summed E-state index contributed by atoms with van der Waals surface area (Å²) in [6.45, 7) is 4.05. The number of fused-ring (bicyclic) bond motifs is 3. The minimum Gasteiger partial charge on any atom is -0.374 e. The summed E-state index contributed by atoms with van der Waals surface area (Å²) < 4.78 is 44.2. The topological polar surface area (TPSA) is 45.7 Å². The SMILES string of the molecule is CCCC(=O)N1CCN2c3ncc(C(F)(F)F)cc3COC[C@@H]2C1. The summed E-state index contributed by atoms with van der Waals surface area (Å²) in [6, 6.07) is 1.03. The highest BCUT2D eigenvalue weighted by Gasteiger charge is 2.36. The second-order valence-electron chi connectivity index (χ2n) is 6.16. The van der Waals surface area contributed by atoms with Crippen LogP contribution in [0.4, 0.5) is 19.0 Å². The van der Waals surface area contributed by atoms with Crippen LogP contribution in [0.25, 0.3) is 0 Å². The number of piperazine rings is 1. The lowest BCUT2D eigenvalue weighted by atomic mass is 10.1. The van der Waals surface area contributed by atoms with E-state index in [0.29, 0.717) is 44.0 Å². The molecular formula is C16H20F3N3O2. The number of ether oxygens (including phenoxy) is 1. The Morgan fingerprint density at radius 1 is 1.42 bits per heavy atom. The summed E-state index contributed by atoms with van der Waals surface area (Å²) in [7, 11) is 0. The van der Waals surface area contributed by atoms with E-state index in [1.54, 1.807) is 0 Å². The van der Waals surface area contributed by atoms with Gasteiger partial charge in [-0.05, 0) is 12.5 Å². The molecule has 24 heavy (non-hydrogen) atoms. The van der Waals surface area contributed by atoms with Gasteiger partial charge in [0.25, 0.3) is 0 Å². The van der Waals surface area contributed by atoms with Crippen molar-refractivity contribution in [1.82, 2.24) is 9.88 Å². The van der Waals surface area contributed by atoms with Gasteiger partial charge >= 0.3 is 6.18 Å². The average Bonchev–Trinajstić information content (AvgIpc) is 2.72. The number of halogens is 3. The number of amides is 1. The first-order valence-corrected chi connectivity index (χ1v) is 8.08. The van der Waals surface area contributed by atoms with E-state index in [0.717, 1.165) is 18.7 Å². The summed E-state index contributed by atoms with van der Waals surface area (Å²) >= 11 is 0. The van der Waals surface area contributed by atoms with E-state index in [9.17, 15) is 18.0 Å². The van der Waals surface area contributed by atoms with Gasteiger partial charge < -0.3 is 14.5 Å². The van der Waals surface area contributed by atoms with Crippen LogP contribution in [0.3, 0.4) is 0 Å². The molecule has 1 amide bonds. The molecule has 0 aliphatic carbocycles. The highest BCUT2D eigenvalue weighted by atomic mass is 19.4. The molecule has 1 aromatic rings. The molecule has 3 rings (SSSR count). The maximum atomic E-state index is 12.9. The smallest absolute Gasteiger partial charge is 0.374 e. The fraction of sp³-hybridized carbons (Fsp3) is 0.625. The quantitative estimate of drug-likeness (QED) is 0.828. The fourth-order valence-electron chi connectivity index (χ4n) is 3.20. The molecule has 1 fully saturated rings. The molecule has 3 heterocycles. The zero-order valence-corrected chi connectivity index (χ0v) is 13.5. The Kier molecular flexibility index (Phi) is 4.67. The summed E-state index contributed by atoms with van der Waals surface area (Å²) in [5.41, 5.74) is -0.319. The molecule has 132 valence electrons. The van der Waals surface area contributed by atoms with Crippen LogP contribution in [0.15, 0.2) is 12.3 Å². The van der Waals surface area contributed by atoms with Crippen molar-refractivity contribution in [3.8, 4) is 0 Å². The Hall–Kier alpha value is -1.83. The van der Waals surface area contributed by atoms with Gasteiger partial charge in [0.1, 0.15) is 5.82 Å². The third-order valence-electron chi connectivity index (χ3n) is 4.41. The number of aromatic nitrogens is 1. The molecular weight excluding hydrogens is 323 g/mol. The van der Waals surface area contributed by atoms with E-state index in [1.807, 2.05) is 16.7 Å². The highest BCUT2D eigenvalue weighted by Crippen LogP contribution is 2.34. The van der Waals surface area contributed by atoms with Crippen molar-refractivity contribution in [2.24, 2.45) is 0 Å². The number of carbonyl (C=O) groups excluding carboxylic acids is 1. The molecule has 0 aromatic carbocycles. The first-order valence-electron chi connectivity index (χ1n) is 8.08. The van der Waals surface area contributed by atoms with Crippen LogP contribution in [-0.4, -0.2) is 48.1 Å². The number of pyridine rings is 1. The Morgan fingerprint density at radius 2 is 2.21 bits per heavy atom. The van der Waals surface area contributed by atoms with Gasteiger partial charge in [0.15, 0.2) is 0 Å². The fourth-order valence-corrected chi connectivity index (χ4v) is 3.20. The Morgan fingerprint density at radius 3 is 2.92 bits per heavy atom. The van der Waals surface area contributed by atoms with Gasteiger partial charge in [0, 0.05) is 37.8 Å². The molecule has 0 radical (unpaired) electrons. The minimum atomic E-state index is -4.42. The van der Waals surface area contributed by atoms with Crippen LogP contribution < -0.4 is 4.90 Å². The van der Waals surface area contributed by atoms with Crippen molar-refractivity contribution in [2.45, 2.75) is 38.6 Å². The number of rotatable bonds is 2. The zero-order chi connectivity index (χ0) is 17.3. The predicted octanol–water partition coefficient (Wildman–Crippen LogP) is 2.45. The lowest BCUT2D eigenvalue weighted by molar-refractivity contribution is -0.138. The van der Waals surface area contributed by atoms with Crippen molar-refractivity contribution in [1.29, 1.82) is 0 Å². The first kappa shape index (κ1) is 17.0. The molecule has 2 aliphatic heterocycles. The number of alkyl halides is 3. The van der Waals surface area contributed by atoms with Gasteiger partial charge in [-0.3, -0.25) is 4.79 Å². The van der Waals surface area contributed by atoms with E-state index in [-0.39, 0.29) is 18.6 Å². The average molecular weight is 343 g/mol. The highest BCUT2D eigenvalue weighted by molar-refractivity contribution is 5.76. The monoisotopic (exact) mass is 343 g/mol. The van der Waals surface area contributed by atoms with E-state index in [1.165, 1.54) is 0 Å². The molecule has 0 bridgehead atoms. The van der Waals surface area contributed by atoms with Gasteiger partial charge in [0.2, 0.25) is 5.91 Å². The predicted molar refractivity (Wildman–Crippen MR) is 81.5 cm³/mol. The third kappa shape index (κ3) is 3.33. The number of anilines is 1. The lowest BCUT2D eigenvalue weighted by Crippen LogP contribution is -2.56. The van der Waals surface area contributed by atoms with Crippen molar-refractivity contribution >= 4 is 11.7 Å². The van der Waals surface area contributed by atoms with Gasteiger partial charge in [0.05, 0.1) is 24.8 Å². The summed E-state index contributed by atoms with van der Waals surface area (Å²) in [6.07, 6.45) is -2.24. The largest absolute Gasteiger partial charge is 0.417 e. The summed E-state index contributed by atoms with van der Waals surface area (Å²) in [5.74, 6) is 0.648. The van der Waals surface area contributed by atoms with Crippen LogP contribution in [-0.2, 0) is 22.3 Å². The molecule has 0 saturated carbocycles. The molecule has 0 N–H and O–H groups in total. The number of hydrogen-bond donors (Lipinski definition) is 0. The Labute approximate surface area is 138 Å². The Bertz CT molecular complexity index is 621. The van der Waals surface area contributed by atoms with E-state index < -0.39 is 11.7 Å². The molecule has 8 heteroatoms. The summed E-state index contributed by atoms with van der Waals surface area (Å²) in [4.78, 5) is 19.9. The van der Waals surface area contributed by atoms with E-state index in [4.69, 9.17) is 4.74 Å². The third-order valence-corrected chi connectivity index (χ3v) is 4.41. The van der Waals surface area contributed by atoms with Crippen LogP contribution in [0.5, 0.6) is 0 Å². The normalized spacial score (nSPS) is 21.1. The van der Waals surface area contributed by atoms with Gasteiger partial charge in [-0.2, -0.15) is 13.2 Å². The van der Waals surface area contributed by atoms with Gasteiger partial charge in [-0.1, -0.05) is 6.92 Å². The lowest BCUT2D eigenvalue weighted by Gasteiger charge is -2.41. The number of nitrogens with zero attached hydrogens (tertiary/aromatic N) is 3. The van der Waals surface area contributed by atoms with E-state index >= 15 is 0 Å². The molecule has 1 saturated heterocycles. The van der Waals surface area contributed by atoms with Crippen molar-refractivity contribution < 1.29 is 22.7 Å².